The van der Waals surface area contributed by atoms with E-state index in [1.54, 1.807) is 39.2 Å². The second-order valence-corrected chi connectivity index (χ2v) is 8.77. The van der Waals surface area contributed by atoms with Crippen molar-refractivity contribution in [3.63, 3.8) is 0 Å². The van der Waals surface area contributed by atoms with Crippen molar-refractivity contribution in [3.05, 3.63) is 70.8 Å². The highest BCUT2D eigenvalue weighted by atomic mass is 19.1. The van der Waals surface area contributed by atoms with E-state index < -0.39 is 5.97 Å². The first kappa shape index (κ1) is 22.7. The fraction of sp³-hybridized carbons (Fsp3) is 0.320. The molecule has 0 aliphatic heterocycles. The molecule has 1 aromatic carbocycles. The molecule has 1 aliphatic rings. The van der Waals surface area contributed by atoms with E-state index in [0.29, 0.717) is 46.7 Å². The average Bonchev–Trinajstić information content (AvgIpc) is 3.51. The van der Waals surface area contributed by atoms with E-state index in [4.69, 9.17) is 9.84 Å². The summed E-state index contributed by atoms with van der Waals surface area (Å²) in [6, 6.07) is 7.99. The third-order valence-electron chi connectivity index (χ3n) is 6.24. The molecular weight excluding hydrogens is 451 g/mol. The topological polar surface area (TPSA) is 108 Å². The molecule has 35 heavy (non-hydrogen) atoms. The minimum Gasteiger partial charge on any atom is -0.492 e. The molecule has 0 amide bonds. The second-order valence-electron chi connectivity index (χ2n) is 8.77. The number of carboxylic acid groups (broad SMARTS) is 1. The fourth-order valence-electron chi connectivity index (χ4n) is 4.30. The van der Waals surface area contributed by atoms with Crippen LogP contribution in [0.4, 0.5) is 4.39 Å². The third kappa shape index (κ3) is 4.39. The lowest BCUT2D eigenvalue weighted by atomic mass is 10.1. The molecule has 3 aromatic heterocycles. The number of hydrogen-bond acceptors (Lipinski definition) is 6. The van der Waals surface area contributed by atoms with Gasteiger partial charge in [-0.1, -0.05) is 0 Å². The Morgan fingerprint density at radius 3 is 2.54 bits per heavy atom. The predicted molar refractivity (Wildman–Crippen MR) is 125 cm³/mol. The van der Waals surface area contributed by atoms with Gasteiger partial charge in [0, 0.05) is 24.6 Å². The largest absolute Gasteiger partial charge is 0.492 e. The smallest absolute Gasteiger partial charge is 0.339 e. The highest BCUT2D eigenvalue weighted by molar-refractivity contribution is 5.90. The van der Waals surface area contributed by atoms with Crippen molar-refractivity contribution in [1.82, 2.24) is 29.5 Å². The van der Waals surface area contributed by atoms with Crippen LogP contribution in [-0.2, 0) is 13.0 Å². The Balaban J connectivity index is 1.54. The van der Waals surface area contributed by atoms with Gasteiger partial charge in [0.05, 0.1) is 29.9 Å². The Hall–Kier alpha value is -4.08. The number of aryl methyl sites for hydroxylation is 1. The maximum absolute atomic E-state index is 13.5. The van der Waals surface area contributed by atoms with Crippen LogP contribution < -0.4 is 4.74 Å². The van der Waals surface area contributed by atoms with E-state index >= 15 is 0 Å². The maximum atomic E-state index is 13.5. The molecule has 1 fully saturated rings. The van der Waals surface area contributed by atoms with Crippen LogP contribution in [0.2, 0.25) is 0 Å². The molecule has 5 rings (SSSR count). The van der Waals surface area contributed by atoms with E-state index in [9.17, 15) is 14.3 Å². The zero-order valence-corrected chi connectivity index (χ0v) is 19.7. The van der Waals surface area contributed by atoms with E-state index in [-0.39, 0.29) is 11.4 Å². The molecule has 0 saturated heterocycles. The molecule has 0 spiro atoms. The lowest BCUT2D eigenvalue weighted by molar-refractivity contribution is 0.0695. The van der Waals surface area contributed by atoms with Gasteiger partial charge in [0.2, 0.25) is 0 Å². The monoisotopic (exact) mass is 476 g/mol. The minimum atomic E-state index is -1.03. The van der Waals surface area contributed by atoms with Crippen molar-refractivity contribution in [3.8, 4) is 22.8 Å². The summed E-state index contributed by atoms with van der Waals surface area (Å²) in [4.78, 5) is 20.4. The summed E-state index contributed by atoms with van der Waals surface area (Å²) < 4.78 is 22.8. The van der Waals surface area contributed by atoms with E-state index in [0.717, 1.165) is 30.6 Å². The van der Waals surface area contributed by atoms with Gasteiger partial charge in [-0.15, -0.1) is 0 Å². The maximum Gasteiger partial charge on any atom is 0.339 e. The molecule has 0 atom stereocenters. The van der Waals surface area contributed by atoms with Crippen LogP contribution in [0.5, 0.6) is 5.75 Å². The Kier molecular flexibility index (Phi) is 5.80. The second kappa shape index (κ2) is 8.94. The molecule has 0 radical (unpaired) electrons. The number of hydrogen-bond donors (Lipinski definition) is 1. The number of carbonyl (C=O) groups is 1. The van der Waals surface area contributed by atoms with Crippen LogP contribution in [0.25, 0.3) is 17.1 Å². The molecule has 3 heterocycles. The van der Waals surface area contributed by atoms with Crippen molar-refractivity contribution < 1.29 is 19.0 Å². The molecular formula is C25H25FN6O3. The molecule has 9 nitrogen and oxygen atoms in total. The van der Waals surface area contributed by atoms with Gasteiger partial charge in [-0.05, 0) is 56.9 Å². The minimum absolute atomic E-state index is 0.165. The molecule has 1 aliphatic carbocycles. The predicted octanol–water partition coefficient (Wildman–Crippen LogP) is 3.99. The lowest BCUT2D eigenvalue weighted by Gasteiger charge is -2.10. The first-order valence-corrected chi connectivity index (χ1v) is 11.4. The normalized spacial score (nSPS) is 13.3. The summed E-state index contributed by atoms with van der Waals surface area (Å²) in [5.74, 6) is 0.340. The van der Waals surface area contributed by atoms with Crippen molar-refractivity contribution in [2.45, 2.75) is 39.7 Å². The van der Waals surface area contributed by atoms with E-state index in [2.05, 4.69) is 15.1 Å². The van der Waals surface area contributed by atoms with Gasteiger partial charge in [-0.2, -0.15) is 10.2 Å². The number of rotatable bonds is 8. The van der Waals surface area contributed by atoms with Gasteiger partial charge < -0.3 is 9.84 Å². The summed E-state index contributed by atoms with van der Waals surface area (Å²) in [6.07, 6.45) is 4.19. The summed E-state index contributed by atoms with van der Waals surface area (Å²) >= 11 is 0. The van der Waals surface area contributed by atoms with Gasteiger partial charge in [-0.25, -0.2) is 23.8 Å². The molecule has 4 aromatic rings. The number of nitrogens with zero attached hydrogens (tertiary/aromatic N) is 6. The van der Waals surface area contributed by atoms with Crippen LogP contribution in [0.1, 0.15) is 46.0 Å². The highest BCUT2D eigenvalue weighted by Crippen LogP contribution is 2.37. The zero-order chi connectivity index (χ0) is 24.7. The summed E-state index contributed by atoms with van der Waals surface area (Å²) in [7, 11) is 1.60. The molecule has 1 saturated carbocycles. The number of halogens is 1. The number of aromatic nitrogens is 6. The van der Waals surface area contributed by atoms with Crippen molar-refractivity contribution in [1.29, 1.82) is 0 Å². The number of ether oxygens (including phenoxy) is 1. The molecule has 0 unspecified atom stereocenters. The summed E-state index contributed by atoms with van der Waals surface area (Å²) in [5.41, 5.74) is 4.08. The SMILES string of the molecule is COc1c(-c2ccc(F)cc2)nn(CC2CC2)c1Cc1cc(-n2nc(C)c(C(=O)O)c2C)ncn1. The van der Waals surface area contributed by atoms with Crippen LogP contribution >= 0.6 is 0 Å². The van der Waals surface area contributed by atoms with E-state index in [1.165, 1.54) is 23.1 Å². The first-order chi connectivity index (χ1) is 16.9. The quantitative estimate of drug-likeness (QED) is 0.410. The van der Waals surface area contributed by atoms with Gasteiger partial charge in [-0.3, -0.25) is 4.68 Å². The van der Waals surface area contributed by atoms with E-state index in [1.807, 2.05) is 4.68 Å². The molecule has 10 heteroatoms. The standard InChI is InChI=1S/C25H25FN6O3/c1-14-22(25(33)34)15(2)32(29-14)21-11-19(27-13-28-21)10-20-24(35-3)23(17-6-8-18(26)9-7-17)30-31(20)12-16-4-5-16/h6-9,11,13,16H,4-5,10,12H2,1-3H3,(H,33,34). The molecule has 0 bridgehead atoms. The Labute approximate surface area is 201 Å². The van der Waals surface area contributed by atoms with Crippen molar-refractivity contribution >= 4 is 5.97 Å². The fourth-order valence-corrected chi connectivity index (χ4v) is 4.30. The Morgan fingerprint density at radius 2 is 1.91 bits per heavy atom. The van der Waals surface area contributed by atoms with Crippen molar-refractivity contribution in [2.75, 3.05) is 7.11 Å². The van der Waals surface area contributed by atoms with Gasteiger partial charge >= 0.3 is 5.97 Å². The Morgan fingerprint density at radius 1 is 1.17 bits per heavy atom. The third-order valence-corrected chi connectivity index (χ3v) is 6.24. The van der Waals surface area contributed by atoms with Gasteiger partial charge in [0.25, 0.3) is 0 Å². The van der Waals surface area contributed by atoms with Crippen LogP contribution in [0.15, 0.2) is 36.7 Å². The molecule has 180 valence electrons. The van der Waals surface area contributed by atoms with Crippen molar-refractivity contribution in [2.24, 2.45) is 5.92 Å². The van der Waals surface area contributed by atoms with Crippen LogP contribution in [0.3, 0.4) is 0 Å². The molecule has 1 N–H and O–H groups in total. The van der Waals surface area contributed by atoms with Gasteiger partial charge in [0.15, 0.2) is 11.6 Å². The average molecular weight is 477 g/mol. The van der Waals surface area contributed by atoms with Crippen LogP contribution in [-0.4, -0.2) is 47.7 Å². The summed E-state index contributed by atoms with van der Waals surface area (Å²) in [5, 5.41) is 18.7. The number of carboxylic acids is 1. The number of benzene rings is 1. The summed E-state index contributed by atoms with van der Waals surface area (Å²) in [6.45, 7) is 4.13. The lowest BCUT2D eigenvalue weighted by Crippen LogP contribution is -2.10. The number of methoxy groups -OCH3 is 1. The van der Waals surface area contributed by atoms with Crippen LogP contribution in [0, 0.1) is 25.6 Å². The first-order valence-electron chi connectivity index (χ1n) is 11.4. The number of aromatic carboxylic acids is 1. The zero-order valence-electron chi connectivity index (χ0n) is 19.7. The highest BCUT2D eigenvalue weighted by Gasteiger charge is 2.27. The Bertz CT molecular complexity index is 1410. The van der Waals surface area contributed by atoms with Gasteiger partial charge in [0.1, 0.15) is 23.4 Å².